The van der Waals surface area contributed by atoms with Crippen LogP contribution in [0.4, 0.5) is 4.39 Å². The zero-order valence-corrected chi connectivity index (χ0v) is 13.2. The van der Waals surface area contributed by atoms with Crippen molar-refractivity contribution in [2.45, 2.75) is 4.90 Å². The van der Waals surface area contributed by atoms with Crippen molar-refractivity contribution in [3.63, 3.8) is 0 Å². The number of carbonyl (C=O) groups is 2. The quantitative estimate of drug-likeness (QED) is 0.618. The minimum Gasteiger partial charge on any atom is -0.465 e. The third-order valence-electron chi connectivity index (χ3n) is 3.53. The van der Waals surface area contributed by atoms with Crippen LogP contribution in [0, 0.1) is 5.82 Å². The molecule has 0 fully saturated rings. The fourth-order valence-corrected chi connectivity index (χ4v) is 3.34. The number of ether oxygens (including phenoxy) is 1. The average Bonchev–Trinajstić information content (AvgIpc) is 2.58. The number of halogens is 1. The number of Topliss-reactive ketones (excluding diaryl/α,β-unsaturated/α-hetero) is 1. The van der Waals surface area contributed by atoms with Crippen molar-refractivity contribution >= 4 is 29.6 Å². The molecule has 23 heavy (non-hydrogen) atoms. The molecule has 116 valence electrons. The smallest absolute Gasteiger partial charge is 0.337 e. The number of methoxy groups -OCH3 is 1. The van der Waals surface area contributed by atoms with Gasteiger partial charge in [-0.3, -0.25) is 4.79 Å². The normalized spacial score (nSPS) is 15.4. The van der Waals surface area contributed by atoms with Crippen LogP contribution < -0.4 is 0 Å². The van der Waals surface area contributed by atoms with E-state index in [-0.39, 0.29) is 5.78 Å². The van der Waals surface area contributed by atoms with E-state index in [0.717, 1.165) is 10.5 Å². The van der Waals surface area contributed by atoms with Crippen molar-refractivity contribution in [2.24, 2.45) is 0 Å². The molecule has 0 N–H and O–H groups in total. The summed E-state index contributed by atoms with van der Waals surface area (Å²) in [5, 5.41) is 0. The lowest BCUT2D eigenvalue weighted by atomic mass is 10.0. The van der Waals surface area contributed by atoms with Crippen LogP contribution in [0.2, 0.25) is 0 Å². The van der Waals surface area contributed by atoms with Crippen molar-refractivity contribution in [3.05, 3.63) is 70.5 Å². The Bertz CT molecular complexity index is 810. The van der Waals surface area contributed by atoms with E-state index in [2.05, 4.69) is 4.74 Å². The second kappa shape index (κ2) is 6.38. The van der Waals surface area contributed by atoms with Crippen molar-refractivity contribution in [3.8, 4) is 0 Å². The molecule has 0 amide bonds. The molecule has 0 aromatic heterocycles. The van der Waals surface area contributed by atoms with Gasteiger partial charge in [-0.15, -0.1) is 11.8 Å². The van der Waals surface area contributed by atoms with Crippen molar-refractivity contribution in [2.75, 3.05) is 12.9 Å². The SMILES string of the molecule is COC(=O)c1ccc(/C=C2/CSc3ccc(F)cc3C2=O)cc1. The summed E-state index contributed by atoms with van der Waals surface area (Å²) in [7, 11) is 1.33. The molecule has 0 bridgehead atoms. The van der Waals surface area contributed by atoms with Crippen LogP contribution in [-0.2, 0) is 4.74 Å². The Labute approximate surface area is 137 Å². The Hall–Kier alpha value is -2.40. The molecular weight excluding hydrogens is 315 g/mol. The summed E-state index contributed by atoms with van der Waals surface area (Å²) in [5.74, 6) is -0.439. The number of ketones is 1. The molecule has 5 heteroatoms. The molecule has 1 aliphatic heterocycles. The third kappa shape index (κ3) is 3.19. The minimum absolute atomic E-state index is 0.157. The molecule has 0 unspecified atom stereocenters. The molecule has 1 aliphatic rings. The Morgan fingerprint density at radius 1 is 1.22 bits per heavy atom. The van der Waals surface area contributed by atoms with Gasteiger partial charge in [0.2, 0.25) is 0 Å². The summed E-state index contributed by atoms with van der Waals surface area (Å²) in [6.07, 6.45) is 1.77. The van der Waals surface area contributed by atoms with Crippen LogP contribution in [0.5, 0.6) is 0 Å². The monoisotopic (exact) mass is 328 g/mol. The Morgan fingerprint density at radius 3 is 2.65 bits per heavy atom. The number of fused-ring (bicyclic) bond motifs is 1. The first-order valence-corrected chi connectivity index (χ1v) is 7.93. The fourth-order valence-electron chi connectivity index (χ4n) is 2.34. The number of benzene rings is 2. The summed E-state index contributed by atoms with van der Waals surface area (Å²) in [5.41, 5.74) is 2.27. The van der Waals surface area contributed by atoms with Gasteiger partial charge in [-0.25, -0.2) is 9.18 Å². The van der Waals surface area contributed by atoms with Gasteiger partial charge in [0, 0.05) is 21.8 Å². The summed E-state index contributed by atoms with van der Waals surface area (Å²) in [6, 6.07) is 11.1. The summed E-state index contributed by atoms with van der Waals surface area (Å²) in [4.78, 5) is 24.7. The standard InChI is InChI=1S/C18H13FO3S/c1-22-18(21)12-4-2-11(3-5-12)8-13-10-23-16-7-6-14(19)9-15(16)17(13)20/h2-9H,10H2,1H3/b13-8-. The van der Waals surface area contributed by atoms with Gasteiger partial charge >= 0.3 is 5.97 Å². The van der Waals surface area contributed by atoms with E-state index in [0.29, 0.717) is 22.5 Å². The van der Waals surface area contributed by atoms with Gasteiger partial charge in [-0.05, 0) is 42.0 Å². The molecule has 0 saturated carbocycles. The molecule has 2 aromatic carbocycles. The number of hydrogen-bond acceptors (Lipinski definition) is 4. The van der Waals surface area contributed by atoms with Gasteiger partial charge in [-0.2, -0.15) is 0 Å². The number of hydrogen-bond donors (Lipinski definition) is 0. The predicted molar refractivity (Wildman–Crippen MR) is 87.2 cm³/mol. The first-order valence-electron chi connectivity index (χ1n) is 6.94. The van der Waals surface area contributed by atoms with Crippen LogP contribution in [0.1, 0.15) is 26.3 Å². The van der Waals surface area contributed by atoms with E-state index in [4.69, 9.17) is 0 Å². The van der Waals surface area contributed by atoms with Crippen LogP contribution in [-0.4, -0.2) is 24.6 Å². The molecule has 3 rings (SSSR count). The number of esters is 1. The highest BCUT2D eigenvalue weighted by molar-refractivity contribution is 7.99. The largest absolute Gasteiger partial charge is 0.465 e. The summed E-state index contributed by atoms with van der Waals surface area (Å²) >= 11 is 1.51. The lowest BCUT2D eigenvalue weighted by Gasteiger charge is -2.17. The van der Waals surface area contributed by atoms with Gasteiger partial charge in [-0.1, -0.05) is 12.1 Å². The van der Waals surface area contributed by atoms with E-state index < -0.39 is 11.8 Å². The van der Waals surface area contributed by atoms with Crippen LogP contribution in [0.15, 0.2) is 52.9 Å². The van der Waals surface area contributed by atoms with Crippen LogP contribution in [0.25, 0.3) is 6.08 Å². The molecule has 1 heterocycles. The highest BCUT2D eigenvalue weighted by Crippen LogP contribution is 2.33. The Kier molecular flexibility index (Phi) is 4.30. The molecule has 0 saturated heterocycles. The second-order valence-electron chi connectivity index (χ2n) is 5.04. The molecule has 2 aromatic rings. The van der Waals surface area contributed by atoms with Crippen molar-refractivity contribution in [1.82, 2.24) is 0 Å². The first kappa shape index (κ1) is 15.5. The summed E-state index contributed by atoms with van der Waals surface area (Å²) < 4.78 is 18.0. The van der Waals surface area contributed by atoms with Gasteiger partial charge in [0.05, 0.1) is 12.7 Å². The van der Waals surface area contributed by atoms with Gasteiger partial charge < -0.3 is 4.74 Å². The van der Waals surface area contributed by atoms with Gasteiger partial charge in [0.15, 0.2) is 5.78 Å². The Balaban J connectivity index is 1.89. The van der Waals surface area contributed by atoms with Gasteiger partial charge in [0.1, 0.15) is 5.82 Å². The summed E-state index contributed by atoms with van der Waals surface area (Å²) in [6.45, 7) is 0. The molecule has 0 radical (unpaired) electrons. The number of thioether (sulfide) groups is 1. The zero-order valence-electron chi connectivity index (χ0n) is 12.3. The zero-order chi connectivity index (χ0) is 16.4. The highest BCUT2D eigenvalue weighted by Gasteiger charge is 2.22. The lowest BCUT2D eigenvalue weighted by molar-refractivity contribution is 0.0600. The van der Waals surface area contributed by atoms with Crippen LogP contribution in [0.3, 0.4) is 0 Å². The van der Waals surface area contributed by atoms with Crippen molar-refractivity contribution < 1.29 is 18.7 Å². The van der Waals surface area contributed by atoms with E-state index in [1.54, 1.807) is 36.4 Å². The third-order valence-corrected chi connectivity index (χ3v) is 4.66. The molecule has 3 nitrogen and oxygen atoms in total. The number of rotatable bonds is 2. The fraction of sp³-hybridized carbons (Fsp3) is 0.111. The van der Waals surface area contributed by atoms with E-state index in [9.17, 15) is 14.0 Å². The Morgan fingerprint density at radius 2 is 1.96 bits per heavy atom. The molecule has 0 atom stereocenters. The van der Waals surface area contributed by atoms with Crippen LogP contribution >= 0.6 is 11.8 Å². The lowest BCUT2D eigenvalue weighted by Crippen LogP contribution is -2.12. The maximum absolute atomic E-state index is 13.4. The van der Waals surface area contributed by atoms with E-state index in [1.807, 2.05) is 0 Å². The average molecular weight is 328 g/mol. The molecule has 0 aliphatic carbocycles. The number of carbonyl (C=O) groups excluding carboxylic acids is 2. The minimum atomic E-state index is -0.415. The predicted octanol–water partition coefficient (Wildman–Crippen LogP) is 3.98. The van der Waals surface area contributed by atoms with Gasteiger partial charge in [0.25, 0.3) is 0 Å². The molecular formula is C18H13FO3S. The van der Waals surface area contributed by atoms with E-state index >= 15 is 0 Å². The van der Waals surface area contributed by atoms with Crippen molar-refractivity contribution in [1.29, 1.82) is 0 Å². The second-order valence-corrected chi connectivity index (χ2v) is 6.06. The highest BCUT2D eigenvalue weighted by atomic mass is 32.2. The maximum atomic E-state index is 13.4. The van der Waals surface area contributed by atoms with E-state index in [1.165, 1.54) is 31.0 Å². The molecule has 0 spiro atoms. The first-order chi connectivity index (χ1) is 11.1. The topological polar surface area (TPSA) is 43.4 Å². The maximum Gasteiger partial charge on any atom is 0.337 e.